The van der Waals surface area contributed by atoms with E-state index in [-0.39, 0.29) is 24.0 Å². The molecular formula is C15H28IN5S. The van der Waals surface area contributed by atoms with Crippen LogP contribution in [0.1, 0.15) is 36.6 Å². The smallest absolute Gasteiger partial charge is 0.191 e. The van der Waals surface area contributed by atoms with Crippen molar-refractivity contribution in [3.63, 3.8) is 0 Å². The standard InChI is InChI=1S/C15H27N5S.HI/c1-11(2)20(13-5-6-13)8-7-17-15(16-4)19-10-14-18-9-12(3)21-14;/h9,11,13H,5-8,10H2,1-4H3,(H2,16,17,19);1H. The van der Waals surface area contributed by atoms with Gasteiger partial charge in [0.25, 0.3) is 0 Å². The first-order chi connectivity index (χ1) is 10.1. The summed E-state index contributed by atoms with van der Waals surface area (Å²) in [7, 11) is 1.81. The van der Waals surface area contributed by atoms with Gasteiger partial charge in [0.05, 0.1) is 6.54 Å². The fourth-order valence-electron chi connectivity index (χ4n) is 2.44. The third-order valence-electron chi connectivity index (χ3n) is 3.64. The minimum atomic E-state index is 0. The average molecular weight is 437 g/mol. The van der Waals surface area contributed by atoms with E-state index in [1.54, 1.807) is 11.3 Å². The number of hydrogen-bond donors (Lipinski definition) is 2. The highest BCUT2D eigenvalue weighted by molar-refractivity contribution is 14.0. The number of aromatic nitrogens is 1. The van der Waals surface area contributed by atoms with E-state index in [0.29, 0.717) is 6.04 Å². The maximum absolute atomic E-state index is 4.35. The van der Waals surface area contributed by atoms with Gasteiger partial charge in [-0.1, -0.05) is 0 Å². The van der Waals surface area contributed by atoms with E-state index in [2.05, 4.69) is 46.3 Å². The molecule has 0 unspecified atom stereocenters. The van der Waals surface area contributed by atoms with E-state index in [1.807, 2.05) is 13.2 Å². The first-order valence-electron chi connectivity index (χ1n) is 7.71. The molecule has 0 spiro atoms. The molecule has 1 aromatic rings. The van der Waals surface area contributed by atoms with Crippen LogP contribution >= 0.6 is 35.3 Å². The van der Waals surface area contributed by atoms with Crippen molar-refractivity contribution in [3.05, 3.63) is 16.1 Å². The third kappa shape index (κ3) is 6.37. The molecule has 126 valence electrons. The lowest BCUT2D eigenvalue weighted by Gasteiger charge is -2.26. The highest BCUT2D eigenvalue weighted by Crippen LogP contribution is 2.27. The predicted molar refractivity (Wildman–Crippen MR) is 105 cm³/mol. The molecule has 7 heteroatoms. The summed E-state index contributed by atoms with van der Waals surface area (Å²) >= 11 is 1.72. The number of aliphatic imine (C=N–C) groups is 1. The van der Waals surface area contributed by atoms with Crippen molar-refractivity contribution < 1.29 is 0 Å². The number of aryl methyl sites for hydroxylation is 1. The maximum Gasteiger partial charge on any atom is 0.191 e. The largest absolute Gasteiger partial charge is 0.355 e. The lowest BCUT2D eigenvalue weighted by molar-refractivity contribution is 0.215. The summed E-state index contributed by atoms with van der Waals surface area (Å²) in [5, 5.41) is 7.80. The molecule has 0 aromatic carbocycles. The van der Waals surface area contributed by atoms with E-state index in [1.165, 1.54) is 17.7 Å². The molecule has 0 radical (unpaired) electrons. The molecule has 1 aliphatic rings. The molecule has 2 rings (SSSR count). The van der Waals surface area contributed by atoms with Crippen LogP contribution in [0.3, 0.4) is 0 Å². The lowest BCUT2D eigenvalue weighted by Crippen LogP contribution is -2.43. The first kappa shape index (κ1) is 19.6. The van der Waals surface area contributed by atoms with Crippen molar-refractivity contribution in [1.82, 2.24) is 20.5 Å². The number of thiazole rings is 1. The van der Waals surface area contributed by atoms with Gasteiger partial charge in [0, 0.05) is 43.3 Å². The molecule has 0 aliphatic heterocycles. The Morgan fingerprint density at radius 3 is 2.68 bits per heavy atom. The summed E-state index contributed by atoms with van der Waals surface area (Å²) in [6.07, 6.45) is 4.62. The highest BCUT2D eigenvalue weighted by atomic mass is 127. The zero-order chi connectivity index (χ0) is 15.2. The van der Waals surface area contributed by atoms with Crippen molar-refractivity contribution in [2.45, 2.75) is 52.2 Å². The molecule has 1 fully saturated rings. The summed E-state index contributed by atoms with van der Waals surface area (Å²) in [5.74, 6) is 0.849. The number of halogens is 1. The quantitative estimate of drug-likeness (QED) is 0.391. The Labute approximate surface area is 155 Å². The Hall–Kier alpha value is -0.410. The fourth-order valence-corrected chi connectivity index (χ4v) is 3.16. The van der Waals surface area contributed by atoms with E-state index >= 15 is 0 Å². The second-order valence-electron chi connectivity index (χ2n) is 5.78. The SMILES string of the molecule is CN=C(NCCN(C(C)C)C1CC1)NCc1ncc(C)s1.I. The molecule has 1 aromatic heterocycles. The van der Waals surface area contributed by atoms with Gasteiger partial charge >= 0.3 is 0 Å². The molecule has 0 amide bonds. The van der Waals surface area contributed by atoms with Gasteiger partial charge in [-0.25, -0.2) is 4.98 Å². The van der Waals surface area contributed by atoms with Crippen LogP contribution in [0.15, 0.2) is 11.2 Å². The van der Waals surface area contributed by atoms with Gasteiger partial charge in [0.15, 0.2) is 5.96 Å². The van der Waals surface area contributed by atoms with Gasteiger partial charge in [-0.05, 0) is 33.6 Å². The van der Waals surface area contributed by atoms with Crippen molar-refractivity contribution >= 4 is 41.3 Å². The molecule has 1 saturated carbocycles. The second-order valence-corrected chi connectivity index (χ2v) is 7.10. The molecule has 0 saturated heterocycles. The van der Waals surface area contributed by atoms with Crippen molar-refractivity contribution in [2.75, 3.05) is 20.1 Å². The lowest BCUT2D eigenvalue weighted by atomic mass is 10.3. The van der Waals surface area contributed by atoms with Crippen LogP contribution < -0.4 is 10.6 Å². The van der Waals surface area contributed by atoms with Gasteiger partial charge < -0.3 is 10.6 Å². The number of hydrogen-bond acceptors (Lipinski definition) is 4. The molecule has 22 heavy (non-hydrogen) atoms. The van der Waals surface area contributed by atoms with Crippen LogP contribution in [-0.4, -0.2) is 48.1 Å². The summed E-state index contributed by atoms with van der Waals surface area (Å²) in [6.45, 7) is 9.35. The zero-order valence-corrected chi connectivity index (χ0v) is 17.1. The zero-order valence-electron chi connectivity index (χ0n) is 13.9. The van der Waals surface area contributed by atoms with Gasteiger partial charge in [-0.2, -0.15) is 0 Å². The number of nitrogens with one attached hydrogen (secondary N) is 2. The Kier molecular flexibility index (Phi) is 8.63. The Bertz CT molecular complexity index is 468. The molecule has 2 N–H and O–H groups in total. The monoisotopic (exact) mass is 437 g/mol. The molecule has 0 atom stereocenters. The van der Waals surface area contributed by atoms with Crippen LogP contribution in [0.25, 0.3) is 0 Å². The van der Waals surface area contributed by atoms with Gasteiger partial charge in [-0.3, -0.25) is 9.89 Å². The summed E-state index contributed by atoms with van der Waals surface area (Å²) in [4.78, 5) is 12.4. The number of nitrogens with zero attached hydrogens (tertiary/aromatic N) is 3. The van der Waals surface area contributed by atoms with E-state index in [0.717, 1.165) is 36.6 Å². The summed E-state index contributed by atoms with van der Waals surface area (Å²) < 4.78 is 0. The van der Waals surface area contributed by atoms with Gasteiger partial charge in [0.2, 0.25) is 0 Å². The first-order valence-corrected chi connectivity index (χ1v) is 8.53. The molecule has 5 nitrogen and oxygen atoms in total. The predicted octanol–water partition coefficient (Wildman–Crippen LogP) is 2.61. The van der Waals surface area contributed by atoms with E-state index < -0.39 is 0 Å². The molecule has 1 heterocycles. The van der Waals surface area contributed by atoms with Crippen LogP contribution in [0.2, 0.25) is 0 Å². The van der Waals surface area contributed by atoms with Gasteiger partial charge in [0.1, 0.15) is 5.01 Å². The molecule has 0 bridgehead atoms. The fraction of sp³-hybridized carbons (Fsp3) is 0.733. The van der Waals surface area contributed by atoms with Crippen molar-refractivity contribution in [1.29, 1.82) is 0 Å². The highest BCUT2D eigenvalue weighted by Gasteiger charge is 2.30. The van der Waals surface area contributed by atoms with Crippen LogP contribution in [0, 0.1) is 6.92 Å². The minimum Gasteiger partial charge on any atom is -0.355 e. The molecule has 1 aliphatic carbocycles. The Balaban J connectivity index is 0.00000242. The van der Waals surface area contributed by atoms with E-state index in [9.17, 15) is 0 Å². The van der Waals surface area contributed by atoms with Crippen molar-refractivity contribution in [3.8, 4) is 0 Å². The third-order valence-corrected chi connectivity index (χ3v) is 4.55. The van der Waals surface area contributed by atoms with Crippen LogP contribution in [-0.2, 0) is 6.54 Å². The van der Waals surface area contributed by atoms with Crippen molar-refractivity contribution in [2.24, 2.45) is 4.99 Å². The topological polar surface area (TPSA) is 52.6 Å². The summed E-state index contributed by atoms with van der Waals surface area (Å²) in [6, 6.07) is 1.42. The second kappa shape index (κ2) is 9.67. The minimum absolute atomic E-state index is 0. The van der Waals surface area contributed by atoms with Gasteiger partial charge in [-0.15, -0.1) is 35.3 Å². The van der Waals surface area contributed by atoms with Crippen LogP contribution in [0.5, 0.6) is 0 Å². The Morgan fingerprint density at radius 1 is 1.45 bits per heavy atom. The average Bonchev–Trinajstić information content (AvgIpc) is 3.20. The summed E-state index contributed by atoms with van der Waals surface area (Å²) in [5.41, 5.74) is 0. The Morgan fingerprint density at radius 2 is 2.18 bits per heavy atom. The van der Waals surface area contributed by atoms with Crippen LogP contribution in [0.4, 0.5) is 0 Å². The number of guanidine groups is 1. The normalized spacial score (nSPS) is 15.1. The van der Waals surface area contributed by atoms with E-state index in [4.69, 9.17) is 0 Å². The maximum atomic E-state index is 4.35. The molecular weight excluding hydrogens is 409 g/mol. The number of rotatable bonds is 7.